The van der Waals surface area contributed by atoms with Crippen LogP contribution in [0.2, 0.25) is 0 Å². The quantitative estimate of drug-likeness (QED) is 0.573. The number of anilines is 1. The summed E-state index contributed by atoms with van der Waals surface area (Å²) < 4.78 is 5.60. The molecule has 1 N–H and O–H groups in total. The minimum absolute atomic E-state index is 0.603. The van der Waals surface area contributed by atoms with E-state index in [1.54, 1.807) is 0 Å². The molecule has 130 valence electrons. The Morgan fingerprint density at radius 1 is 1.12 bits per heavy atom. The summed E-state index contributed by atoms with van der Waals surface area (Å²) in [6.07, 6.45) is 6.23. The number of hydrogen-bond acceptors (Lipinski definition) is 5. The van der Waals surface area contributed by atoms with Crippen LogP contribution < -0.4 is 9.62 Å². The molecule has 1 aliphatic rings. The topological polar surface area (TPSA) is 58.9 Å². The zero-order valence-electron chi connectivity index (χ0n) is 14.6. The van der Waals surface area contributed by atoms with Gasteiger partial charge in [-0.3, -0.25) is 0 Å². The normalized spacial score (nSPS) is 15.8. The Balaban J connectivity index is 1.60. The smallest absolute Gasteiger partial charge is 0.225 e. The maximum absolute atomic E-state index is 4.80. The van der Waals surface area contributed by atoms with Gasteiger partial charge in [0, 0.05) is 26.3 Å². The van der Waals surface area contributed by atoms with Gasteiger partial charge in [0.05, 0.1) is 29.0 Å². The summed E-state index contributed by atoms with van der Waals surface area (Å²) in [5, 5.41) is 0. The second kappa shape index (κ2) is 7.01. The number of imidazole rings is 1. The van der Waals surface area contributed by atoms with Crippen LogP contribution in [0.25, 0.3) is 22.6 Å². The van der Waals surface area contributed by atoms with Gasteiger partial charge in [0.1, 0.15) is 11.9 Å². The number of fused-ring (bicyclic) bond motifs is 1. The molecule has 0 atom stereocenters. The Labute approximate surface area is 151 Å². The standard InChI is InChI=1S/C18H22N6S/c1-23-16-6-4-3-5-14(16)20-17(23)15-7-10-19-18(21-15)24-11-8-13(9-12-24)22-25-2/h3-7,10,13,22H,8-9,11-12H2,1-2H3/p+1. The summed E-state index contributed by atoms with van der Waals surface area (Å²) in [5.41, 5.74) is 2.98. The van der Waals surface area contributed by atoms with Gasteiger partial charge in [-0.25, -0.2) is 15.0 Å². The molecule has 0 bridgehead atoms. The first-order chi connectivity index (χ1) is 12.3. The van der Waals surface area contributed by atoms with Gasteiger partial charge in [-0.1, -0.05) is 12.1 Å². The largest absolute Gasteiger partial charge is 0.341 e. The van der Waals surface area contributed by atoms with E-state index < -0.39 is 0 Å². The third-order valence-electron chi connectivity index (χ3n) is 4.75. The number of para-hydroxylation sites is 2. The molecule has 7 heteroatoms. The van der Waals surface area contributed by atoms with Crippen molar-refractivity contribution in [2.45, 2.75) is 18.9 Å². The number of rotatable bonds is 4. The number of nitrogens with one attached hydrogen (secondary N) is 1. The van der Waals surface area contributed by atoms with E-state index in [4.69, 9.17) is 9.97 Å². The van der Waals surface area contributed by atoms with Gasteiger partial charge in [-0.15, -0.1) is 4.72 Å². The van der Waals surface area contributed by atoms with Crippen molar-refractivity contribution < 1.29 is 0 Å². The highest BCUT2D eigenvalue weighted by molar-refractivity contribution is 7.75. The van der Waals surface area contributed by atoms with E-state index in [9.17, 15) is 0 Å². The van der Waals surface area contributed by atoms with E-state index in [0.29, 0.717) is 6.04 Å². The summed E-state index contributed by atoms with van der Waals surface area (Å²) in [6, 6.07) is 10.7. The average molecular weight is 355 g/mol. The zero-order chi connectivity index (χ0) is 17.2. The average Bonchev–Trinajstić information content (AvgIpc) is 3.00. The fraction of sp³-hybridized carbons (Fsp3) is 0.389. The minimum Gasteiger partial charge on any atom is -0.341 e. The molecule has 1 aliphatic heterocycles. The number of hydrogen-bond donors (Lipinski definition) is 1. The maximum Gasteiger partial charge on any atom is 0.225 e. The SMILES string of the molecule is C[SH+]NC1CCN(c2nccc(-c3nc4ccccc4n3C)n2)CC1. The summed E-state index contributed by atoms with van der Waals surface area (Å²) in [4.78, 5) is 16.3. The molecule has 1 aromatic carbocycles. The fourth-order valence-corrected chi connectivity index (χ4v) is 4.01. The molecule has 0 radical (unpaired) electrons. The summed E-state index contributed by atoms with van der Waals surface area (Å²) >= 11 is 1.25. The van der Waals surface area contributed by atoms with Crippen LogP contribution >= 0.6 is 0 Å². The molecular weight excluding hydrogens is 332 g/mol. The number of aryl methyl sites for hydroxylation is 1. The van der Waals surface area contributed by atoms with Gasteiger partial charge in [-0.2, -0.15) is 0 Å². The first-order valence-corrected chi connectivity index (χ1v) is 9.94. The number of piperidine rings is 1. The van der Waals surface area contributed by atoms with Crippen molar-refractivity contribution in [1.82, 2.24) is 24.2 Å². The van der Waals surface area contributed by atoms with Crippen LogP contribution in [0.5, 0.6) is 0 Å². The van der Waals surface area contributed by atoms with Gasteiger partial charge in [0.25, 0.3) is 0 Å². The van der Waals surface area contributed by atoms with Crippen molar-refractivity contribution in [3.8, 4) is 11.5 Å². The van der Waals surface area contributed by atoms with Crippen LogP contribution in [-0.4, -0.2) is 44.9 Å². The lowest BCUT2D eigenvalue weighted by Gasteiger charge is -2.30. The van der Waals surface area contributed by atoms with Gasteiger partial charge >= 0.3 is 0 Å². The number of benzene rings is 1. The van der Waals surface area contributed by atoms with Crippen LogP contribution in [0.1, 0.15) is 12.8 Å². The number of thiol groups is 1. The lowest BCUT2D eigenvalue weighted by molar-refractivity contribution is 0.474. The molecule has 3 aromatic rings. The fourth-order valence-electron chi connectivity index (χ4n) is 3.39. The van der Waals surface area contributed by atoms with Crippen molar-refractivity contribution in [1.29, 1.82) is 0 Å². The first-order valence-electron chi connectivity index (χ1n) is 8.60. The molecule has 4 rings (SSSR count). The number of aromatic nitrogens is 4. The van der Waals surface area contributed by atoms with E-state index >= 15 is 0 Å². The second-order valence-electron chi connectivity index (χ2n) is 6.34. The van der Waals surface area contributed by atoms with Crippen LogP contribution in [0.4, 0.5) is 5.95 Å². The molecule has 2 aromatic heterocycles. The van der Waals surface area contributed by atoms with Crippen LogP contribution in [0.3, 0.4) is 0 Å². The van der Waals surface area contributed by atoms with E-state index in [0.717, 1.165) is 54.4 Å². The third kappa shape index (κ3) is 3.21. The van der Waals surface area contributed by atoms with Crippen LogP contribution in [0.15, 0.2) is 36.5 Å². The maximum atomic E-state index is 4.80. The Morgan fingerprint density at radius 2 is 1.92 bits per heavy atom. The molecule has 0 spiro atoms. The van der Waals surface area contributed by atoms with E-state index in [2.05, 4.69) is 31.5 Å². The molecule has 25 heavy (non-hydrogen) atoms. The molecule has 0 saturated carbocycles. The highest BCUT2D eigenvalue weighted by Crippen LogP contribution is 2.24. The third-order valence-corrected chi connectivity index (χ3v) is 5.37. The second-order valence-corrected chi connectivity index (χ2v) is 7.04. The van der Waals surface area contributed by atoms with Crippen molar-refractivity contribution in [2.24, 2.45) is 7.05 Å². The van der Waals surface area contributed by atoms with Crippen molar-refractivity contribution in [3.63, 3.8) is 0 Å². The summed E-state index contributed by atoms with van der Waals surface area (Å²) in [6.45, 7) is 1.97. The lowest BCUT2D eigenvalue weighted by Crippen LogP contribution is -2.42. The molecule has 1 saturated heterocycles. The predicted octanol–water partition coefficient (Wildman–Crippen LogP) is 1.95. The lowest BCUT2D eigenvalue weighted by atomic mass is 10.1. The van der Waals surface area contributed by atoms with Gasteiger partial charge in [0.2, 0.25) is 5.95 Å². The van der Waals surface area contributed by atoms with E-state index in [1.807, 2.05) is 37.5 Å². The van der Waals surface area contributed by atoms with Crippen LogP contribution in [0, 0.1) is 0 Å². The zero-order valence-corrected chi connectivity index (χ0v) is 15.4. The Bertz CT molecular complexity index is 869. The molecule has 0 unspecified atom stereocenters. The molecular formula is C18H23N6S+. The highest BCUT2D eigenvalue weighted by Gasteiger charge is 2.22. The molecule has 0 aliphatic carbocycles. The summed E-state index contributed by atoms with van der Waals surface area (Å²) in [7, 11) is 2.04. The van der Waals surface area contributed by atoms with Crippen LogP contribution in [-0.2, 0) is 19.0 Å². The van der Waals surface area contributed by atoms with E-state index in [1.165, 1.54) is 11.9 Å². The monoisotopic (exact) mass is 355 g/mol. The highest BCUT2D eigenvalue weighted by atomic mass is 32.2. The Hall–Kier alpha value is -2.12. The minimum atomic E-state index is 0.603. The molecule has 6 nitrogen and oxygen atoms in total. The first kappa shape index (κ1) is 16.4. The van der Waals surface area contributed by atoms with Crippen molar-refractivity contribution >= 4 is 28.9 Å². The molecule has 3 heterocycles. The van der Waals surface area contributed by atoms with Gasteiger partial charge < -0.3 is 9.47 Å². The van der Waals surface area contributed by atoms with Crippen molar-refractivity contribution in [3.05, 3.63) is 36.5 Å². The van der Waals surface area contributed by atoms with E-state index in [-0.39, 0.29) is 0 Å². The van der Waals surface area contributed by atoms with Gasteiger partial charge in [0.15, 0.2) is 5.82 Å². The Kier molecular flexibility index (Phi) is 4.59. The molecule has 1 fully saturated rings. The Morgan fingerprint density at radius 3 is 2.68 bits per heavy atom. The predicted molar refractivity (Wildman–Crippen MR) is 105 cm³/mol. The number of nitrogens with zero attached hydrogens (tertiary/aromatic N) is 5. The molecule has 0 amide bonds. The van der Waals surface area contributed by atoms with Crippen molar-refractivity contribution in [2.75, 3.05) is 24.2 Å². The van der Waals surface area contributed by atoms with Gasteiger partial charge in [-0.05, 0) is 31.0 Å². The summed E-state index contributed by atoms with van der Waals surface area (Å²) in [5.74, 6) is 1.68.